The molecular formula is C12H15BrN4. The number of aryl methyl sites for hydroxylation is 1. The fourth-order valence-electron chi connectivity index (χ4n) is 1.77. The molecule has 0 bridgehead atoms. The van der Waals surface area contributed by atoms with E-state index in [1.165, 1.54) is 0 Å². The first-order chi connectivity index (χ1) is 8.22. The standard InChI is InChI=1S/C12H15BrN4/c1-14-10(8-11-15-6-7-17(11)2)12-9(13)4-3-5-16-12/h3-7,10,14H,8H2,1-2H3. The number of imidazole rings is 1. The minimum Gasteiger partial charge on any atom is -0.338 e. The predicted octanol–water partition coefficient (Wildman–Crippen LogP) is 2.08. The van der Waals surface area contributed by atoms with Crippen molar-refractivity contribution in [3.8, 4) is 0 Å². The predicted molar refractivity (Wildman–Crippen MR) is 70.6 cm³/mol. The van der Waals surface area contributed by atoms with Gasteiger partial charge in [0.05, 0.1) is 11.7 Å². The van der Waals surface area contributed by atoms with Gasteiger partial charge in [-0.3, -0.25) is 4.98 Å². The summed E-state index contributed by atoms with van der Waals surface area (Å²) in [6, 6.07) is 4.08. The fourth-order valence-corrected chi connectivity index (χ4v) is 2.30. The summed E-state index contributed by atoms with van der Waals surface area (Å²) in [7, 11) is 3.94. The van der Waals surface area contributed by atoms with Crippen molar-refractivity contribution in [2.75, 3.05) is 7.05 Å². The Balaban J connectivity index is 2.23. The number of hydrogen-bond donors (Lipinski definition) is 1. The summed E-state index contributed by atoms with van der Waals surface area (Å²) in [5.74, 6) is 1.04. The molecule has 4 nitrogen and oxygen atoms in total. The number of aromatic nitrogens is 3. The first-order valence-electron chi connectivity index (χ1n) is 5.46. The third-order valence-electron chi connectivity index (χ3n) is 2.77. The molecule has 0 saturated carbocycles. The van der Waals surface area contributed by atoms with E-state index in [0.29, 0.717) is 0 Å². The highest BCUT2D eigenvalue weighted by Crippen LogP contribution is 2.22. The zero-order valence-electron chi connectivity index (χ0n) is 9.89. The highest BCUT2D eigenvalue weighted by atomic mass is 79.9. The molecule has 0 spiro atoms. The number of pyridine rings is 1. The Morgan fingerprint density at radius 2 is 2.24 bits per heavy atom. The molecule has 0 aliphatic carbocycles. The second-order valence-electron chi connectivity index (χ2n) is 3.87. The van der Waals surface area contributed by atoms with Crippen molar-refractivity contribution in [2.24, 2.45) is 7.05 Å². The lowest BCUT2D eigenvalue weighted by atomic mass is 10.1. The Labute approximate surface area is 109 Å². The molecule has 0 aliphatic rings. The minimum atomic E-state index is 0.159. The van der Waals surface area contributed by atoms with E-state index >= 15 is 0 Å². The van der Waals surface area contributed by atoms with E-state index in [9.17, 15) is 0 Å². The van der Waals surface area contributed by atoms with Crippen LogP contribution in [0.3, 0.4) is 0 Å². The summed E-state index contributed by atoms with van der Waals surface area (Å²) in [4.78, 5) is 8.75. The maximum atomic E-state index is 4.41. The van der Waals surface area contributed by atoms with Gasteiger partial charge in [0.25, 0.3) is 0 Å². The Kier molecular flexibility index (Phi) is 3.91. The van der Waals surface area contributed by atoms with Crippen LogP contribution in [0.2, 0.25) is 0 Å². The molecule has 0 aromatic carbocycles. The van der Waals surface area contributed by atoms with Crippen LogP contribution in [0.4, 0.5) is 0 Å². The Morgan fingerprint density at radius 3 is 2.82 bits per heavy atom. The van der Waals surface area contributed by atoms with Crippen molar-refractivity contribution in [3.63, 3.8) is 0 Å². The molecule has 2 aromatic rings. The molecule has 0 fully saturated rings. The van der Waals surface area contributed by atoms with Gasteiger partial charge in [0.15, 0.2) is 0 Å². The first-order valence-corrected chi connectivity index (χ1v) is 6.25. The molecule has 0 radical (unpaired) electrons. The smallest absolute Gasteiger partial charge is 0.110 e. The van der Waals surface area contributed by atoms with Gasteiger partial charge >= 0.3 is 0 Å². The number of likely N-dealkylation sites (N-methyl/N-ethyl adjacent to an activating group) is 1. The van der Waals surface area contributed by atoms with E-state index in [4.69, 9.17) is 0 Å². The molecule has 17 heavy (non-hydrogen) atoms. The van der Waals surface area contributed by atoms with E-state index in [0.717, 1.165) is 22.4 Å². The molecule has 0 amide bonds. The van der Waals surface area contributed by atoms with Crippen molar-refractivity contribution < 1.29 is 0 Å². The van der Waals surface area contributed by atoms with E-state index < -0.39 is 0 Å². The van der Waals surface area contributed by atoms with Gasteiger partial charge in [-0.2, -0.15) is 0 Å². The van der Waals surface area contributed by atoms with E-state index in [-0.39, 0.29) is 6.04 Å². The maximum Gasteiger partial charge on any atom is 0.110 e. The molecule has 0 saturated heterocycles. The van der Waals surface area contributed by atoms with Crippen LogP contribution < -0.4 is 5.32 Å². The van der Waals surface area contributed by atoms with Gasteiger partial charge in [0.1, 0.15) is 5.82 Å². The lowest BCUT2D eigenvalue weighted by molar-refractivity contribution is 0.548. The summed E-state index contributed by atoms with van der Waals surface area (Å²) in [5, 5.41) is 3.28. The van der Waals surface area contributed by atoms with Gasteiger partial charge in [-0.25, -0.2) is 4.98 Å². The monoisotopic (exact) mass is 294 g/mol. The molecular weight excluding hydrogens is 280 g/mol. The van der Waals surface area contributed by atoms with Crippen LogP contribution in [0.1, 0.15) is 17.6 Å². The normalized spacial score (nSPS) is 12.6. The average molecular weight is 295 g/mol. The highest BCUT2D eigenvalue weighted by molar-refractivity contribution is 9.10. The van der Waals surface area contributed by atoms with Crippen molar-refractivity contribution in [1.29, 1.82) is 0 Å². The second-order valence-corrected chi connectivity index (χ2v) is 4.72. The summed E-state index contributed by atoms with van der Waals surface area (Å²) in [5.41, 5.74) is 1.01. The van der Waals surface area contributed by atoms with Crippen LogP contribution in [0.15, 0.2) is 35.2 Å². The lowest BCUT2D eigenvalue weighted by Gasteiger charge is -2.16. The average Bonchev–Trinajstić information content (AvgIpc) is 2.73. The molecule has 5 heteroatoms. The topological polar surface area (TPSA) is 42.7 Å². The van der Waals surface area contributed by atoms with Crippen molar-refractivity contribution in [3.05, 3.63) is 46.7 Å². The minimum absolute atomic E-state index is 0.159. The van der Waals surface area contributed by atoms with Gasteiger partial charge < -0.3 is 9.88 Å². The molecule has 2 heterocycles. The van der Waals surface area contributed by atoms with Gasteiger partial charge in [0, 0.05) is 36.5 Å². The summed E-state index contributed by atoms with van der Waals surface area (Å²) < 4.78 is 3.05. The zero-order valence-corrected chi connectivity index (χ0v) is 11.5. The fraction of sp³-hybridized carbons (Fsp3) is 0.333. The summed E-state index contributed by atoms with van der Waals surface area (Å²) >= 11 is 3.53. The van der Waals surface area contributed by atoms with E-state index in [1.54, 1.807) is 0 Å². The molecule has 2 aromatic heterocycles. The van der Waals surface area contributed by atoms with Crippen LogP contribution in [0.5, 0.6) is 0 Å². The van der Waals surface area contributed by atoms with Gasteiger partial charge in [-0.05, 0) is 35.1 Å². The molecule has 1 N–H and O–H groups in total. The molecule has 1 unspecified atom stereocenters. The maximum absolute atomic E-state index is 4.41. The number of hydrogen-bond acceptors (Lipinski definition) is 3. The van der Waals surface area contributed by atoms with Gasteiger partial charge in [-0.1, -0.05) is 0 Å². The van der Waals surface area contributed by atoms with E-state index in [2.05, 4.69) is 31.2 Å². The van der Waals surface area contributed by atoms with Crippen LogP contribution in [0.25, 0.3) is 0 Å². The molecule has 1 atom stereocenters. The Hall–Kier alpha value is -1.20. The first kappa shape index (κ1) is 12.3. The van der Waals surface area contributed by atoms with Gasteiger partial charge in [-0.15, -0.1) is 0 Å². The van der Waals surface area contributed by atoms with Crippen molar-refractivity contribution in [1.82, 2.24) is 19.9 Å². The quantitative estimate of drug-likeness (QED) is 0.939. The third-order valence-corrected chi connectivity index (χ3v) is 3.44. The van der Waals surface area contributed by atoms with E-state index in [1.807, 2.05) is 49.4 Å². The lowest BCUT2D eigenvalue weighted by Crippen LogP contribution is -2.22. The number of halogens is 1. The second kappa shape index (κ2) is 5.42. The molecule has 2 rings (SSSR count). The Morgan fingerprint density at radius 1 is 1.41 bits per heavy atom. The summed E-state index contributed by atoms with van der Waals surface area (Å²) in [6.45, 7) is 0. The SMILES string of the molecule is CNC(Cc1nccn1C)c1ncccc1Br. The largest absolute Gasteiger partial charge is 0.338 e. The van der Waals surface area contributed by atoms with Crippen molar-refractivity contribution >= 4 is 15.9 Å². The highest BCUT2D eigenvalue weighted by Gasteiger charge is 2.16. The van der Waals surface area contributed by atoms with Crippen molar-refractivity contribution in [2.45, 2.75) is 12.5 Å². The van der Waals surface area contributed by atoms with Crippen LogP contribution in [0, 0.1) is 0 Å². The van der Waals surface area contributed by atoms with Crippen LogP contribution in [-0.2, 0) is 13.5 Å². The summed E-state index contributed by atoms with van der Waals surface area (Å²) in [6.07, 6.45) is 6.39. The molecule has 90 valence electrons. The number of rotatable bonds is 4. The molecule has 0 aliphatic heterocycles. The zero-order chi connectivity index (χ0) is 12.3. The third kappa shape index (κ3) is 2.73. The number of nitrogens with zero attached hydrogens (tertiary/aromatic N) is 3. The Bertz CT molecular complexity index is 495. The van der Waals surface area contributed by atoms with Crippen LogP contribution >= 0.6 is 15.9 Å². The van der Waals surface area contributed by atoms with Crippen LogP contribution in [-0.4, -0.2) is 21.6 Å². The van der Waals surface area contributed by atoms with Gasteiger partial charge in [0.2, 0.25) is 0 Å². The number of nitrogens with one attached hydrogen (secondary N) is 1.